The highest BCUT2D eigenvalue weighted by Crippen LogP contribution is 2.29. The Kier molecular flexibility index (Phi) is 6.41. The summed E-state index contributed by atoms with van der Waals surface area (Å²) in [5.74, 6) is 1.10. The number of amides is 1. The average molecular weight is 379 g/mol. The Balaban J connectivity index is 1.86. The normalized spacial score (nSPS) is 10.2. The second-order valence-corrected chi connectivity index (χ2v) is 5.82. The number of carbonyl (C=O) groups is 1. The predicted molar refractivity (Wildman–Crippen MR) is 106 cm³/mol. The zero-order chi connectivity index (χ0) is 19.8. The van der Waals surface area contributed by atoms with Crippen LogP contribution in [0.1, 0.15) is 13.3 Å². The monoisotopic (exact) mass is 379 g/mol. The third-order valence-electron chi connectivity index (χ3n) is 3.78. The Bertz CT molecular complexity index is 932. The Hall–Kier alpha value is -3.61. The maximum absolute atomic E-state index is 12.5. The Morgan fingerprint density at radius 3 is 2.43 bits per heavy atom. The summed E-state index contributed by atoms with van der Waals surface area (Å²) in [6.45, 7) is 2.50. The van der Waals surface area contributed by atoms with Gasteiger partial charge in [-0.2, -0.15) is 0 Å². The van der Waals surface area contributed by atoms with Crippen molar-refractivity contribution in [3.8, 4) is 28.6 Å². The summed E-state index contributed by atoms with van der Waals surface area (Å²) in [6, 6.07) is 18.0. The van der Waals surface area contributed by atoms with E-state index in [1.807, 2.05) is 37.3 Å². The van der Waals surface area contributed by atoms with Gasteiger partial charge in [0.1, 0.15) is 5.69 Å². The first-order chi connectivity index (χ1) is 13.7. The first-order valence-corrected chi connectivity index (χ1v) is 8.89. The van der Waals surface area contributed by atoms with E-state index in [1.165, 1.54) is 7.11 Å². The SMILES string of the molecule is CCCOc1cc(NC(=O)Oc2ccccc2OC)c(-c2ccccc2)nn1. The Labute approximate surface area is 163 Å². The van der Waals surface area contributed by atoms with E-state index < -0.39 is 6.09 Å². The summed E-state index contributed by atoms with van der Waals surface area (Å²) in [6.07, 6.45) is 0.164. The zero-order valence-electron chi connectivity index (χ0n) is 15.7. The van der Waals surface area contributed by atoms with Crippen LogP contribution in [0.5, 0.6) is 17.4 Å². The van der Waals surface area contributed by atoms with Crippen LogP contribution in [0.15, 0.2) is 60.7 Å². The first kappa shape index (κ1) is 19.2. The van der Waals surface area contributed by atoms with Gasteiger partial charge in [0, 0.05) is 11.6 Å². The highest BCUT2D eigenvalue weighted by atomic mass is 16.6. The molecule has 0 atom stereocenters. The van der Waals surface area contributed by atoms with Crippen molar-refractivity contribution in [3.05, 3.63) is 60.7 Å². The molecule has 3 aromatic rings. The van der Waals surface area contributed by atoms with E-state index in [2.05, 4.69) is 15.5 Å². The first-order valence-electron chi connectivity index (χ1n) is 8.89. The number of hydrogen-bond donors (Lipinski definition) is 1. The number of benzene rings is 2. The number of anilines is 1. The number of aromatic nitrogens is 2. The lowest BCUT2D eigenvalue weighted by molar-refractivity contribution is 0.213. The number of methoxy groups -OCH3 is 1. The van der Waals surface area contributed by atoms with E-state index in [-0.39, 0.29) is 0 Å². The summed E-state index contributed by atoms with van der Waals surface area (Å²) in [5.41, 5.74) is 1.76. The second kappa shape index (κ2) is 9.36. The predicted octanol–water partition coefficient (Wildman–Crippen LogP) is 4.55. The largest absolute Gasteiger partial charge is 0.493 e. The summed E-state index contributed by atoms with van der Waals surface area (Å²) in [7, 11) is 1.51. The standard InChI is InChI=1S/C21H21N3O4/c1-3-13-27-19-14-16(20(24-23-19)15-9-5-4-6-10-15)22-21(25)28-18-12-8-7-11-17(18)26-2/h4-12,14H,3,13H2,1-2H3,(H,22,23,25). The van der Waals surface area contributed by atoms with Gasteiger partial charge in [-0.15, -0.1) is 10.2 Å². The average Bonchev–Trinajstić information content (AvgIpc) is 2.73. The number of hydrogen-bond acceptors (Lipinski definition) is 6. The van der Waals surface area contributed by atoms with Crippen LogP contribution < -0.4 is 19.5 Å². The van der Waals surface area contributed by atoms with Gasteiger partial charge in [0.15, 0.2) is 11.5 Å². The van der Waals surface area contributed by atoms with Crippen molar-refractivity contribution in [3.63, 3.8) is 0 Å². The van der Waals surface area contributed by atoms with Gasteiger partial charge in [-0.3, -0.25) is 5.32 Å². The third-order valence-corrected chi connectivity index (χ3v) is 3.78. The molecular weight excluding hydrogens is 358 g/mol. The van der Waals surface area contributed by atoms with Gasteiger partial charge in [-0.25, -0.2) is 4.79 Å². The summed E-state index contributed by atoms with van der Waals surface area (Å²) in [5, 5.41) is 11.0. The van der Waals surface area contributed by atoms with Crippen molar-refractivity contribution in [2.75, 3.05) is 19.0 Å². The Morgan fingerprint density at radius 1 is 1.00 bits per heavy atom. The van der Waals surface area contributed by atoms with E-state index in [9.17, 15) is 4.79 Å². The highest BCUT2D eigenvalue weighted by Gasteiger charge is 2.15. The molecule has 0 aliphatic heterocycles. The van der Waals surface area contributed by atoms with Crippen LogP contribution in [-0.4, -0.2) is 30.0 Å². The number of nitrogens with zero attached hydrogens (tertiary/aromatic N) is 2. The maximum atomic E-state index is 12.5. The molecule has 1 N–H and O–H groups in total. The summed E-state index contributed by atoms with van der Waals surface area (Å²) >= 11 is 0. The fourth-order valence-electron chi connectivity index (χ4n) is 2.49. The van der Waals surface area contributed by atoms with Crippen LogP contribution in [0.3, 0.4) is 0 Å². The molecule has 0 unspecified atom stereocenters. The lowest BCUT2D eigenvalue weighted by Crippen LogP contribution is -2.18. The molecule has 0 aliphatic carbocycles. The van der Waals surface area contributed by atoms with Gasteiger partial charge in [-0.1, -0.05) is 49.4 Å². The molecule has 1 aromatic heterocycles. The third kappa shape index (κ3) is 4.76. The molecule has 0 saturated heterocycles. The van der Waals surface area contributed by atoms with Crippen molar-refractivity contribution in [1.29, 1.82) is 0 Å². The molecule has 0 saturated carbocycles. The molecule has 0 aliphatic rings. The van der Waals surface area contributed by atoms with Crippen LogP contribution in [-0.2, 0) is 0 Å². The van der Waals surface area contributed by atoms with Crippen molar-refractivity contribution in [2.24, 2.45) is 0 Å². The van der Waals surface area contributed by atoms with E-state index in [0.29, 0.717) is 35.4 Å². The van der Waals surface area contributed by atoms with Crippen LogP contribution >= 0.6 is 0 Å². The number of ether oxygens (including phenoxy) is 3. The van der Waals surface area contributed by atoms with E-state index >= 15 is 0 Å². The number of carbonyl (C=O) groups excluding carboxylic acids is 1. The minimum Gasteiger partial charge on any atom is -0.493 e. The molecule has 1 heterocycles. The van der Waals surface area contributed by atoms with E-state index in [4.69, 9.17) is 14.2 Å². The van der Waals surface area contributed by atoms with E-state index in [0.717, 1.165) is 12.0 Å². The van der Waals surface area contributed by atoms with Gasteiger partial charge >= 0.3 is 6.09 Å². The van der Waals surface area contributed by atoms with Gasteiger partial charge in [-0.05, 0) is 18.6 Å². The lowest BCUT2D eigenvalue weighted by atomic mass is 10.1. The second-order valence-electron chi connectivity index (χ2n) is 5.82. The zero-order valence-corrected chi connectivity index (χ0v) is 15.7. The topological polar surface area (TPSA) is 82.6 Å². The number of nitrogens with one attached hydrogen (secondary N) is 1. The molecule has 0 fully saturated rings. The van der Waals surface area contributed by atoms with E-state index in [1.54, 1.807) is 30.3 Å². The lowest BCUT2D eigenvalue weighted by Gasteiger charge is -2.13. The van der Waals surface area contributed by atoms with Gasteiger partial charge < -0.3 is 14.2 Å². The molecule has 28 heavy (non-hydrogen) atoms. The molecule has 7 nitrogen and oxygen atoms in total. The Morgan fingerprint density at radius 2 is 1.71 bits per heavy atom. The maximum Gasteiger partial charge on any atom is 0.417 e. The summed E-state index contributed by atoms with van der Waals surface area (Å²) < 4.78 is 16.1. The molecule has 0 spiro atoms. The molecule has 3 rings (SSSR count). The van der Waals surface area contributed by atoms with Gasteiger partial charge in [0.2, 0.25) is 5.88 Å². The van der Waals surface area contributed by atoms with Crippen molar-refractivity contribution in [1.82, 2.24) is 10.2 Å². The van der Waals surface area contributed by atoms with Crippen LogP contribution in [0, 0.1) is 0 Å². The van der Waals surface area contributed by atoms with Crippen LogP contribution in [0.4, 0.5) is 10.5 Å². The smallest absolute Gasteiger partial charge is 0.417 e. The quantitative estimate of drug-likeness (QED) is 0.648. The minimum absolute atomic E-state index is 0.313. The summed E-state index contributed by atoms with van der Waals surface area (Å²) in [4.78, 5) is 12.5. The minimum atomic E-state index is -0.670. The highest BCUT2D eigenvalue weighted by molar-refractivity contribution is 5.91. The number of para-hydroxylation sites is 2. The van der Waals surface area contributed by atoms with Crippen molar-refractivity contribution >= 4 is 11.8 Å². The molecule has 0 bridgehead atoms. The van der Waals surface area contributed by atoms with Crippen molar-refractivity contribution in [2.45, 2.75) is 13.3 Å². The van der Waals surface area contributed by atoms with Crippen molar-refractivity contribution < 1.29 is 19.0 Å². The molecule has 144 valence electrons. The molecule has 2 aromatic carbocycles. The van der Waals surface area contributed by atoms with Crippen LogP contribution in [0.25, 0.3) is 11.3 Å². The fraction of sp³-hybridized carbons (Fsp3) is 0.190. The molecule has 1 amide bonds. The van der Waals surface area contributed by atoms with Gasteiger partial charge in [0.05, 0.1) is 19.4 Å². The van der Waals surface area contributed by atoms with Crippen LogP contribution in [0.2, 0.25) is 0 Å². The molecule has 7 heteroatoms. The fourth-order valence-corrected chi connectivity index (χ4v) is 2.49. The number of rotatable bonds is 7. The molecular formula is C21H21N3O4. The molecule has 0 radical (unpaired) electrons. The van der Waals surface area contributed by atoms with Gasteiger partial charge in [0.25, 0.3) is 0 Å².